The van der Waals surface area contributed by atoms with Crippen molar-refractivity contribution in [1.82, 2.24) is 10.3 Å². The van der Waals surface area contributed by atoms with E-state index in [1.165, 1.54) is 5.57 Å². The fourth-order valence-corrected chi connectivity index (χ4v) is 2.96. The average Bonchev–Trinajstić information content (AvgIpc) is 2.32. The van der Waals surface area contributed by atoms with Gasteiger partial charge in [-0.05, 0) is 46.8 Å². The van der Waals surface area contributed by atoms with Gasteiger partial charge in [0.05, 0.1) is 17.8 Å². The van der Waals surface area contributed by atoms with E-state index in [-0.39, 0.29) is 18.2 Å². The molecule has 1 fully saturated rings. The molecule has 1 saturated carbocycles. The molecule has 1 aliphatic rings. The van der Waals surface area contributed by atoms with Gasteiger partial charge in [0, 0.05) is 6.04 Å². The van der Waals surface area contributed by atoms with Crippen molar-refractivity contribution in [2.24, 2.45) is 5.92 Å². The molecule has 1 aromatic rings. The molecule has 1 heterocycles. The van der Waals surface area contributed by atoms with Crippen molar-refractivity contribution in [3.63, 3.8) is 0 Å². The van der Waals surface area contributed by atoms with Crippen molar-refractivity contribution in [3.05, 3.63) is 40.6 Å². The van der Waals surface area contributed by atoms with Gasteiger partial charge in [0.25, 0.3) is 0 Å². The van der Waals surface area contributed by atoms with Crippen LogP contribution in [0.3, 0.4) is 0 Å². The molecule has 0 unspecified atom stereocenters. The monoisotopic (exact) mass is 324 g/mol. The first-order chi connectivity index (χ1) is 8.97. The lowest BCUT2D eigenvalue weighted by Crippen LogP contribution is -2.56. The first-order valence-corrected chi connectivity index (χ1v) is 7.44. The van der Waals surface area contributed by atoms with Crippen molar-refractivity contribution in [1.29, 1.82) is 0 Å². The predicted molar refractivity (Wildman–Crippen MR) is 80.8 cm³/mol. The van der Waals surface area contributed by atoms with Gasteiger partial charge >= 0.3 is 0 Å². The quantitative estimate of drug-likeness (QED) is 0.646. The molecule has 1 aliphatic carbocycles. The van der Waals surface area contributed by atoms with Crippen LogP contribution in [0.4, 0.5) is 0 Å². The van der Waals surface area contributed by atoms with Gasteiger partial charge in [0.15, 0.2) is 0 Å². The highest BCUT2D eigenvalue weighted by atomic mass is 79.9. The van der Waals surface area contributed by atoms with Gasteiger partial charge < -0.3 is 10.4 Å². The highest BCUT2D eigenvalue weighted by Crippen LogP contribution is 2.44. The van der Waals surface area contributed by atoms with E-state index in [9.17, 15) is 5.11 Å². The van der Waals surface area contributed by atoms with Crippen LogP contribution in [0.2, 0.25) is 0 Å². The Kier molecular flexibility index (Phi) is 4.43. The lowest BCUT2D eigenvalue weighted by Gasteiger charge is -2.46. The van der Waals surface area contributed by atoms with Crippen molar-refractivity contribution in [3.8, 4) is 0 Å². The van der Waals surface area contributed by atoms with E-state index in [1.54, 1.807) is 0 Å². The van der Waals surface area contributed by atoms with Crippen molar-refractivity contribution >= 4 is 15.9 Å². The summed E-state index contributed by atoms with van der Waals surface area (Å²) in [4.78, 5) is 4.58. The minimum Gasteiger partial charge on any atom is -0.395 e. The van der Waals surface area contributed by atoms with Gasteiger partial charge in [-0.1, -0.05) is 32.1 Å². The van der Waals surface area contributed by atoms with E-state index in [2.05, 4.69) is 46.7 Å². The maximum absolute atomic E-state index is 9.53. The Morgan fingerprint density at radius 2 is 2.16 bits per heavy atom. The number of rotatable bonds is 5. The van der Waals surface area contributed by atoms with Gasteiger partial charge in [-0.25, -0.2) is 4.98 Å². The van der Waals surface area contributed by atoms with E-state index in [1.807, 2.05) is 18.2 Å². The van der Waals surface area contributed by atoms with Crippen LogP contribution in [0.1, 0.15) is 32.4 Å². The fraction of sp³-hybridized carbons (Fsp3) is 0.533. The smallest absolute Gasteiger partial charge is 0.106 e. The Bertz CT molecular complexity index is 465. The van der Waals surface area contributed by atoms with E-state index in [0.29, 0.717) is 5.92 Å². The SMILES string of the molecule is C=C1CC(N[C@H](CO)C(C)C)(c2cccc(Br)n2)C1. The summed E-state index contributed by atoms with van der Waals surface area (Å²) in [6, 6.07) is 6.05. The summed E-state index contributed by atoms with van der Waals surface area (Å²) in [7, 11) is 0. The summed E-state index contributed by atoms with van der Waals surface area (Å²) >= 11 is 3.42. The Morgan fingerprint density at radius 1 is 1.47 bits per heavy atom. The summed E-state index contributed by atoms with van der Waals surface area (Å²) < 4.78 is 0.841. The summed E-state index contributed by atoms with van der Waals surface area (Å²) in [5.41, 5.74) is 2.08. The Morgan fingerprint density at radius 3 is 2.63 bits per heavy atom. The Hall–Kier alpha value is -0.710. The largest absolute Gasteiger partial charge is 0.395 e. The highest BCUT2D eigenvalue weighted by Gasteiger charge is 2.44. The number of hydrogen-bond donors (Lipinski definition) is 2. The highest BCUT2D eigenvalue weighted by molar-refractivity contribution is 9.10. The summed E-state index contributed by atoms with van der Waals surface area (Å²) in [6.45, 7) is 8.41. The molecule has 2 N–H and O–H groups in total. The molecule has 1 atom stereocenters. The molecule has 4 heteroatoms. The van der Waals surface area contributed by atoms with Crippen LogP contribution in [0.25, 0.3) is 0 Å². The second-order valence-corrected chi connectivity index (χ2v) is 6.52. The first kappa shape index (κ1) is 14.7. The fourth-order valence-electron chi connectivity index (χ4n) is 2.61. The van der Waals surface area contributed by atoms with Crippen LogP contribution in [-0.4, -0.2) is 22.7 Å². The molecule has 2 rings (SSSR count). The molecular formula is C15H21BrN2O. The maximum atomic E-state index is 9.53. The number of hydrogen-bond acceptors (Lipinski definition) is 3. The normalized spacial score (nSPS) is 19.3. The maximum Gasteiger partial charge on any atom is 0.106 e. The van der Waals surface area contributed by atoms with E-state index < -0.39 is 0 Å². The zero-order chi connectivity index (χ0) is 14.0. The topological polar surface area (TPSA) is 45.1 Å². The molecule has 0 spiro atoms. The van der Waals surface area contributed by atoms with Crippen molar-refractivity contribution < 1.29 is 5.11 Å². The van der Waals surface area contributed by atoms with Gasteiger partial charge in [-0.15, -0.1) is 0 Å². The standard InChI is InChI=1S/C15H21BrN2O/c1-10(2)12(9-19)18-15(7-11(3)8-15)13-5-4-6-14(16)17-13/h4-6,10,12,18-19H,3,7-9H2,1-2H3/t12-/m1/s1. The number of nitrogens with zero attached hydrogens (tertiary/aromatic N) is 1. The molecule has 0 amide bonds. The zero-order valence-corrected chi connectivity index (χ0v) is 13.1. The average molecular weight is 325 g/mol. The van der Waals surface area contributed by atoms with E-state index >= 15 is 0 Å². The first-order valence-electron chi connectivity index (χ1n) is 6.65. The second kappa shape index (κ2) is 5.73. The van der Waals surface area contributed by atoms with Crippen molar-refractivity contribution in [2.75, 3.05) is 6.61 Å². The Balaban J connectivity index is 2.26. The number of pyridine rings is 1. The molecule has 0 radical (unpaired) electrons. The lowest BCUT2D eigenvalue weighted by molar-refractivity contribution is 0.139. The zero-order valence-electron chi connectivity index (χ0n) is 11.5. The van der Waals surface area contributed by atoms with Crippen LogP contribution in [-0.2, 0) is 5.54 Å². The number of aliphatic hydroxyl groups is 1. The van der Waals surface area contributed by atoms with Gasteiger partial charge in [-0.2, -0.15) is 0 Å². The third-order valence-corrected chi connectivity index (χ3v) is 4.21. The number of aliphatic hydroxyl groups excluding tert-OH is 1. The predicted octanol–water partition coefficient (Wildman–Crippen LogP) is 3.00. The van der Waals surface area contributed by atoms with Crippen LogP contribution < -0.4 is 5.32 Å². The van der Waals surface area contributed by atoms with Crippen LogP contribution in [0.5, 0.6) is 0 Å². The molecule has 19 heavy (non-hydrogen) atoms. The molecule has 104 valence electrons. The number of nitrogens with one attached hydrogen (secondary N) is 1. The third kappa shape index (κ3) is 3.07. The van der Waals surface area contributed by atoms with E-state index in [4.69, 9.17) is 0 Å². The van der Waals surface area contributed by atoms with Gasteiger partial charge in [0.2, 0.25) is 0 Å². The molecule has 3 nitrogen and oxygen atoms in total. The lowest BCUT2D eigenvalue weighted by atomic mass is 9.70. The minimum absolute atomic E-state index is 0.0777. The summed E-state index contributed by atoms with van der Waals surface area (Å²) in [6.07, 6.45) is 1.78. The van der Waals surface area contributed by atoms with E-state index in [0.717, 1.165) is 23.1 Å². The molecule has 0 bridgehead atoms. The van der Waals surface area contributed by atoms with Crippen LogP contribution >= 0.6 is 15.9 Å². The molecule has 0 saturated heterocycles. The second-order valence-electron chi connectivity index (χ2n) is 5.71. The van der Waals surface area contributed by atoms with Crippen molar-refractivity contribution in [2.45, 2.75) is 38.3 Å². The molecule has 0 aromatic carbocycles. The van der Waals surface area contributed by atoms with Gasteiger partial charge in [-0.3, -0.25) is 0 Å². The molecule has 0 aliphatic heterocycles. The molecule has 1 aromatic heterocycles. The minimum atomic E-state index is -0.168. The van der Waals surface area contributed by atoms with Gasteiger partial charge in [0.1, 0.15) is 4.60 Å². The van der Waals surface area contributed by atoms with Crippen LogP contribution in [0, 0.1) is 5.92 Å². The summed E-state index contributed by atoms with van der Waals surface area (Å²) in [5, 5.41) is 13.1. The van der Waals surface area contributed by atoms with Crippen LogP contribution in [0.15, 0.2) is 35.0 Å². The number of aromatic nitrogens is 1. The Labute approximate surface area is 123 Å². The summed E-state index contributed by atoms with van der Waals surface area (Å²) in [5.74, 6) is 0.378. The third-order valence-electron chi connectivity index (χ3n) is 3.77. The number of halogens is 1. The molecular weight excluding hydrogens is 304 g/mol.